The van der Waals surface area contributed by atoms with Gasteiger partial charge in [0.2, 0.25) is 5.95 Å². The highest BCUT2D eigenvalue weighted by atomic mass is 16.5. The maximum absolute atomic E-state index is 12.7. The average Bonchev–Trinajstić information content (AvgIpc) is 3.23. The van der Waals surface area contributed by atoms with Gasteiger partial charge >= 0.3 is 0 Å². The molecule has 2 saturated heterocycles. The minimum atomic E-state index is -0.243. The summed E-state index contributed by atoms with van der Waals surface area (Å²) < 4.78 is 5.58. The number of hydrogen-bond acceptors (Lipinski definition) is 5. The van der Waals surface area contributed by atoms with E-state index < -0.39 is 0 Å². The van der Waals surface area contributed by atoms with Crippen LogP contribution in [0.2, 0.25) is 0 Å². The van der Waals surface area contributed by atoms with E-state index in [9.17, 15) is 4.79 Å². The predicted molar refractivity (Wildman–Crippen MR) is 104 cm³/mol. The Morgan fingerprint density at radius 1 is 1.26 bits per heavy atom. The Labute approximate surface area is 160 Å². The second-order valence-corrected chi connectivity index (χ2v) is 7.42. The molecule has 4 rings (SSSR count). The van der Waals surface area contributed by atoms with Crippen molar-refractivity contribution < 1.29 is 9.53 Å². The van der Waals surface area contributed by atoms with E-state index in [1.54, 1.807) is 6.20 Å². The quantitative estimate of drug-likeness (QED) is 0.898. The number of piperidine rings is 1. The van der Waals surface area contributed by atoms with Crippen LogP contribution in [0, 0.1) is 6.92 Å². The largest absolute Gasteiger partial charge is 0.368 e. The molecule has 2 fully saturated rings. The van der Waals surface area contributed by atoms with Crippen molar-refractivity contribution in [1.29, 1.82) is 0 Å². The molecule has 0 saturated carbocycles. The van der Waals surface area contributed by atoms with Crippen LogP contribution in [0.15, 0.2) is 36.5 Å². The number of amides is 1. The molecule has 2 aromatic rings. The zero-order valence-electron chi connectivity index (χ0n) is 15.7. The molecule has 1 N–H and O–H groups in total. The summed E-state index contributed by atoms with van der Waals surface area (Å²) in [6.07, 6.45) is 5.41. The Kier molecular flexibility index (Phi) is 5.34. The zero-order chi connectivity index (χ0) is 18.6. The Hall–Kier alpha value is -2.47. The van der Waals surface area contributed by atoms with Crippen LogP contribution >= 0.6 is 0 Å². The molecule has 0 aliphatic carbocycles. The van der Waals surface area contributed by atoms with Crippen molar-refractivity contribution in [2.24, 2.45) is 0 Å². The van der Waals surface area contributed by atoms with Crippen LogP contribution in [0.5, 0.6) is 0 Å². The third-order valence-corrected chi connectivity index (χ3v) is 5.31. The van der Waals surface area contributed by atoms with Gasteiger partial charge in [-0.05, 0) is 56.4 Å². The number of nitrogens with one attached hydrogen (secondary N) is 1. The molecule has 0 radical (unpaired) electrons. The first-order valence-electron chi connectivity index (χ1n) is 9.76. The summed E-state index contributed by atoms with van der Waals surface area (Å²) in [5, 5.41) is 3.28. The van der Waals surface area contributed by atoms with Crippen molar-refractivity contribution in [2.45, 2.75) is 44.6 Å². The van der Waals surface area contributed by atoms with Crippen molar-refractivity contribution >= 4 is 17.5 Å². The number of hydrogen-bond donors (Lipinski definition) is 1. The average molecular weight is 366 g/mol. The van der Waals surface area contributed by atoms with Gasteiger partial charge in [0, 0.05) is 37.5 Å². The lowest BCUT2D eigenvalue weighted by molar-refractivity contribution is -0.142. The van der Waals surface area contributed by atoms with E-state index in [1.165, 1.54) is 5.56 Å². The van der Waals surface area contributed by atoms with Crippen LogP contribution < -0.4 is 5.32 Å². The summed E-state index contributed by atoms with van der Waals surface area (Å²) in [6.45, 7) is 4.28. The van der Waals surface area contributed by atoms with Gasteiger partial charge in [-0.2, -0.15) is 0 Å². The minimum Gasteiger partial charge on any atom is -0.368 e. The van der Waals surface area contributed by atoms with Crippen LogP contribution in [0.25, 0.3) is 0 Å². The van der Waals surface area contributed by atoms with Gasteiger partial charge in [0.05, 0.1) is 5.69 Å². The number of anilines is 2. The number of aryl methyl sites for hydroxylation is 1. The minimum absolute atomic E-state index is 0.143. The standard InChI is InChI=1S/C21H26N4O2/c1-15-5-2-7-17(13-15)23-21-22-10-9-18(24-21)16-6-3-11-25(14-16)20(26)19-8-4-12-27-19/h2,5,7,9-10,13,16,19H,3-4,6,8,11-12,14H2,1H3,(H,22,23,24). The fourth-order valence-corrected chi connectivity index (χ4v) is 3.91. The molecule has 2 unspecified atom stereocenters. The molecule has 2 atom stereocenters. The molecule has 0 spiro atoms. The molecular weight excluding hydrogens is 340 g/mol. The number of ether oxygens (including phenoxy) is 1. The van der Waals surface area contributed by atoms with Crippen LogP contribution in [0.4, 0.5) is 11.6 Å². The lowest BCUT2D eigenvalue weighted by atomic mass is 9.94. The van der Waals surface area contributed by atoms with Gasteiger partial charge in [-0.3, -0.25) is 4.79 Å². The monoisotopic (exact) mass is 366 g/mol. The molecule has 27 heavy (non-hydrogen) atoms. The van der Waals surface area contributed by atoms with Crippen LogP contribution in [0.3, 0.4) is 0 Å². The Morgan fingerprint density at radius 3 is 3.00 bits per heavy atom. The van der Waals surface area contributed by atoms with Gasteiger partial charge in [-0.15, -0.1) is 0 Å². The van der Waals surface area contributed by atoms with Crippen molar-refractivity contribution in [2.75, 3.05) is 25.0 Å². The van der Waals surface area contributed by atoms with E-state index in [0.717, 1.165) is 43.6 Å². The molecule has 2 aliphatic rings. The number of benzene rings is 1. The molecule has 0 bridgehead atoms. The second-order valence-electron chi connectivity index (χ2n) is 7.42. The van der Waals surface area contributed by atoms with Crippen LogP contribution in [-0.4, -0.2) is 46.6 Å². The van der Waals surface area contributed by atoms with Gasteiger partial charge in [-0.25, -0.2) is 9.97 Å². The maximum atomic E-state index is 12.7. The summed E-state index contributed by atoms with van der Waals surface area (Å²) in [4.78, 5) is 23.7. The molecule has 1 amide bonds. The molecule has 6 nitrogen and oxygen atoms in total. The zero-order valence-corrected chi connectivity index (χ0v) is 15.7. The van der Waals surface area contributed by atoms with Gasteiger partial charge in [0.1, 0.15) is 6.10 Å². The Bertz CT molecular complexity index is 804. The SMILES string of the molecule is Cc1cccc(Nc2nccc(C3CCCN(C(=O)C4CCCO4)C3)n2)c1. The number of likely N-dealkylation sites (tertiary alicyclic amines) is 1. The maximum Gasteiger partial charge on any atom is 0.251 e. The van der Waals surface area contributed by atoms with Crippen molar-refractivity contribution in [3.05, 3.63) is 47.8 Å². The normalized spacial score (nSPS) is 22.6. The summed E-state index contributed by atoms with van der Waals surface area (Å²) in [5.74, 6) is 0.982. The molecular formula is C21H26N4O2. The predicted octanol–water partition coefficient (Wildman–Crippen LogP) is 3.41. The highest BCUT2D eigenvalue weighted by molar-refractivity contribution is 5.81. The molecule has 3 heterocycles. The van der Waals surface area contributed by atoms with Crippen LogP contribution in [0.1, 0.15) is 42.9 Å². The number of carbonyl (C=O) groups excluding carboxylic acids is 1. The smallest absolute Gasteiger partial charge is 0.251 e. The van der Waals surface area contributed by atoms with Gasteiger partial charge in [-0.1, -0.05) is 12.1 Å². The third kappa shape index (κ3) is 4.27. The summed E-state index contributed by atoms with van der Waals surface area (Å²) in [6, 6.07) is 10.1. The molecule has 1 aromatic heterocycles. The van der Waals surface area contributed by atoms with E-state index in [-0.39, 0.29) is 17.9 Å². The number of carbonyl (C=O) groups is 1. The Balaban J connectivity index is 1.45. The fourth-order valence-electron chi connectivity index (χ4n) is 3.91. The first-order valence-corrected chi connectivity index (χ1v) is 9.76. The van der Waals surface area contributed by atoms with E-state index in [2.05, 4.69) is 29.4 Å². The fraction of sp³-hybridized carbons (Fsp3) is 0.476. The number of aromatic nitrogens is 2. The first-order chi connectivity index (χ1) is 13.2. The molecule has 1 aromatic carbocycles. The van der Waals surface area contributed by atoms with Crippen molar-refractivity contribution in [3.8, 4) is 0 Å². The molecule has 142 valence electrons. The van der Waals surface area contributed by atoms with E-state index >= 15 is 0 Å². The van der Waals surface area contributed by atoms with E-state index in [4.69, 9.17) is 9.72 Å². The van der Waals surface area contributed by atoms with E-state index in [0.29, 0.717) is 19.1 Å². The second kappa shape index (κ2) is 8.05. The summed E-state index contributed by atoms with van der Waals surface area (Å²) in [5.41, 5.74) is 3.16. The molecule has 2 aliphatic heterocycles. The van der Waals surface area contributed by atoms with Gasteiger partial charge < -0.3 is 15.0 Å². The molecule has 6 heteroatoms. The lowest BCUT2D eigenvalue weighted by Crippen LogP contribution is -2.44. The third-order valence-electron chi connectivity index (χ3n) is 5.31. The summed E-state index contributed by atoms with van der Waals surface area (Å²) >= 11 is 0. The van der Waals surface area contributed by atoms with E-state index in [1.807, 2.05) is 23.1 Å². The first kappa shape index (κ1) is 17.9. The topological polar surface area (TPSA) is 67.4 Å². The number of rotatable bonds is 4. The highest BCUT2D eigenvalue weighted by Gasteiger charge is 2.32. The van der Waals surface area contributed by atoms with Gasteiger partial charge in [0.15, 0.2) is 0 Å². The Morgan fingerprint density at radius 2 is 2.19 bits per heavy atom. The number of nitrogens with zero attached hydrogens (tertiary/aromatic N) is 3. The van der Waals surface area contributed by atoms with Crippen molar-refractivity contribution in [3.63, 3.8) is 0 Å². The van der Waals surface area contributed by atoms with Gasteiger partial charge in [0.25, 0.3) is 5.91 Å². The summed E-state index contributed by atoms with van der Waals surface area (Å²) in [7, 11) is 0. The van der Waals surface area contributed by atoms with Crippen LogP contribution in [-0.2, 0) is 9.53 Å². The lowest BCUT2D eigenvalue weighted by Gasteiger charge is -2.33. The highest BCUT2D eigenvalue weighted by Crippen LogP contribution is 2.28. The van der Waals surface area contributed by atoms with Crippen molar-refractivity contribution in [1.82, 2.24) is 14.9 Å².